The average Bonchev–Trinajstić information content (AvgIpc) is 2.91. The Morgan fingerprint density at radius 3 is 2.43 bits per heavy atom. The Labute approximate surface area is 139 Å². The fourth-order valence-corrected chi connectivity index (χ4v) is 2.71. The smallest absolute Gasteiger partial charge is 0.118 e. The normalized spacial score (nSPS) is 13.0. The quantitative estimate of drug-likeness (QED) is 0.759. The molecule has 2 rings (SSSR count). The van der Waals surface area contributed by atoms with Crippen LogP contribution in [0.15, 0.2) is 46.9 Å². The topological polar surface area (TPSA) is 36.6 Å². The molecule has 1 N–H and O–H groups in total. The van der Waals surface area contributed by atoms with E-state index in [1.165, 1.54) is 5.56 Å². The fourth-order valence-electron chi connectivity index (χ4n) is 2.71. The summed E-state index contributed by atoms with van der Waals surface area (Å²) < 4.78 is 5.70. The zero-order chi connectivity index (χ0) is 16.7. The summed E-state index contributed by atoms with van der Waals surface area (Å²) in [6.07, 6.45) is 1.45. The Bertz CT molecular complexity index is 562. The van der Waals surface area contributed by atoms with Gasteiger partial charge in [0.2, 0.25) is 0 Å². The van der Waals surface area contributed by atoms with Crippen LogP contribution < -0.4 is 0 Å². The van der Waals surface area contributed by atoms with Gasteiger partial charge in [-0.25, -0.2) is 0 Å². The van der Waals surface area contributed by atoms with Crippen LogP contribution in [0.25, 0.3) is 0 Å². The lowest BCUT2D eigenvalue weighted by molar-refractivity contribution is 0.101. The molecule has 1 unspecified atom stereocenters. The van der Waals surface area contributed by atoms with Crippen molar-refractivity contribution in [2.75, 3.05) is 13.1 Å². The van der Waals surface area contributed by atoms with Crippen molar-refractivity contribution in [1.29, 1.82) is 0 Å². The maximum absolute atomic E-state index is 10.4. The summed E-state index contributed by atoms with van der Waals surface area (Å²) in [7, 11) is 0. The van der Waals surface area contributed by atoms with Crippen LogP contribution in [0.4, 0.5) is 0 Å². The van der Waals surface area contributed by atoms with Crippen molar-refractivity contribution in [3.63, 3.8) is 0 Å². The Morgan fingerprint density at radius 1 is 1.09 bits per heavy atom. The summed E-state index contributed by atoms with van der Waals surface area (Å²) in [4.78, 5) is 2.30. The van der Waals surface area contributed by atoms with Crippen molar-refractivity contribution in [3.05, 3.63) is 59.5 Å². The van der Waals surface area contributed by atoms with Gasteiger partial charge in [-0.15, -0.1) is 0 Å². The van der Waals surface area contributed by atoms with E-state index >= 15 is 0 Å². The Balaban J connectivity index is 1.92. The van der Waals surface area contributed by atoms with Crippen molar-refractivity contribution >= 4 is 0 Å². The molecule has 23 heavy (non-hydrogen) atoms. The number of furan rings is 1. The largest absolute Gasteiger partial charge is 0.465 e. The van der Waals surface area contributed by atoms with E-state index in [0.29, 0.717) is 18.9 Å². The highest BCUT2D eigenvalue weighted by Crippen LogP contribution is 2.13. The predicted molar refractivity (Wildman–Crippen MR) is 94.3 cm³/mol. The van der Waals surface area contributed by atoms with Crippen LogP contribution in [0.1, 0.15) is 37.4 Å². The maximum Gasteiger partial charge on any atom is 0.118 e. The number of hydrogen-bond acceptors (Lipinski definition) is 3. The van der Waals surface area contributed by atoms with Crippen molar-refractivity contribution in [2.45, 2.75) is 46.3 Å². The highest BCUT2D eigenvalue weighted by atomic mass is 16.3. The van der Waals surface area contributed by atoms with Gasteiger partial charge in [-0.1, -0.05) is 44.2 Å². The number of benzene rings is 1. The van der Waals surface area contributed by atoms with E-state index in [1.54, 1.807) is 0 Å². The molecule has 3 heteroatoms. The van der Waals surface area contributed by atoms with Crippen molar-refractivity contribution < 1.29 is 9.52 Å². The first-order valence-corrected chi connectivity index (χ1v) is 8.52. The molecule has 0 aliphatic rings. The van der Waals surface area contributed by atoms with E-state index < -0.39 is 0 Å². The molecule has 1 atom stereocenters. The molecule has 0 saturated carbocycles. The fraction of sp³-hybridized carbons (Fsp3) is 0.500. The summed E-state index contributed by atoms with van der Waals surface area (Å²) in [6, 6.07) is 14.2. The minimum Gasteiger partial charge on any atom is -0.465 e. The third kappa shape index (κ3) is 6.59. The van der Waals surface area contributed by atoms with Crippen LogP contribution in [-0.4, -0.2) is 29.2 Å². The lowest BCUT2D eigenvalue weighted by Crippen LogP contribution is -2.34. The standard InChI is InChI=1S/C20H29NO2/c1-16(2)11-12-21(15-20-10-9-17(3)23-20)14-19(22)13-18-7-5-4-6-8-18/h4-10,16,19,22H,11-15H2,1-3H3. The zero-order valence-electron chi connectivity index (χ0n) is 14.5. The molecule has 0 spiro atoms. The predicted octanol–water partition coefficient (Wildman–Crippen LogP) is 4.04. The summed E-state index contributed by atoms with van der Waals surface area (Å²) in [5, 5.41) is 10.4. The Kier molecular flexibility index (Phi) is 6.87. The van der Waals surface area contributed by atoms with Gasteiger partial charge < -0.3 is 9.52 Å². The summed E-state index contributed by atoms with van der Waals surface area (Å²) in [5.41, 5.74) is 1.18. The molecule has 1 aromatic heterocycles. The molecule has 2 aromatic rings. The van der Waals surface area contributed by atoms with Crippen LogP contribution >= 0.6 is 0 Å². The van der Waals surface area contributed by atoms with Crippen LogP contribution in [0.5, 0.6) is 0 Å². The van der Waals surface area contributed by atoms with Crippen LogP contribution in [0, 0.1) is 12.8 Å². The minimum absolute atomic E-state index is 0.361. The molecule has 1 heterocycles. The molecule has 0 aliphatic heterocycles. The first-order valence-electron chi connectivity index (χ1n) is 8.52. The highest BCUT2D eigenvalue weighted by Gasteiger charge is 2.15. The van der Waals surface area contributed by atoms with Gasteiger partial charge in [0.1, 0.15) is 11.5 Å². The lowest BCUT2D eigenvalue weighted by atomic mass is 10.1. The van der Waals surface area contributed by atoms with Gasteiger partial charge in [0, 0.05) is 6.54 Å². The van der Waals surface area contributed by atoms with Gasteiger partial charge in [0.25, 0.3) is 0 Å². The molecule has 1 aromatic carbocycles. The van der Waals surface area contributed by atoms with Crippen molar-refractivity contribution in [2.24, 2.45) is 5.92 Å². The number of aliphatic hydroxyl groups excluding tert-OH is 1. The second kappa shape index (κ2) is 8.90. The lowest BCUT2D eigenvalue weighted by Gasteiger charge is -2.25. The summed E-state index contributed by atoms with van der Waals surface area (Å²) in [5.74, 6) is 2.56. The number of hydrogen-bond donors (Lipinski definition) is 1. The first kappa shape index (κ1) is 17.8. The monoisotopic (exact) mass is 315 g/mol. The number of nitrogens with zero attached hydrogens (tertiary/aromatic N) is 1. The highest BCUT2D eigenvalue weighted by molar-refractivity contribution is 5.15. The molecule has 0 bridgehead atoms. The van der Waals surface area contributed by atoms with Gasteiger partial charge in [0.15, 0.2) is 0 Å². The van der Waals surface area contributed by atoms with Gasteiger partial charge in [-0.2, -0.15) is 0 Å². The van der Waals surface area contributed by atoms with Gasteiger partial charge in [0.05, 0.1) is 12.6 Å². The SMILES string of the molecule is Cc1ccc(CN(CCC(C)C)CC(O)Cc2ccccc2)o1. The Hall–Kier alpha value is -1.58. The molecule has 126 valence electrons. The van der Waals surface area contributed by atoms with Gasteiger partial charge in [-0.05, 0) is 49.9 Å². The molecular formula is C20H29NO2. The summed E-state index contributed by atoms with van der Waals surface area (Å²) >= 11 is 0. The molecule has 0 saturated heterocycles. The third-order valence-corrected chi connectivity index (χ3v) is 3.98. The second-order valence-corrected chi connectivity index (χ2v) is 6.77. The van der Waals surface area contributed by atoms with E-state index in [1.807, 2.05) is 37.3 Å². The number of aryl methyl sites for hydroxylation is 1. The van der Waals surface area contributed by atoms with E-state index in [0.717, 1.165) is 31.0 Å². The van der Waals surface area contributed by atoms with Crippen LogP contribution in [0.2, 0.25) is 0 Å². The Morgan fingerprint density at radius 2 is 1.83 bits per heavy atom. The molecule has 0 amide bonds. The van der Waals surface area contributed by atoms with Crippen molar-refractivity contribution in [3.8, 4) is 0 Å². The molecule has 0 radical (unpaired) electrons. The molecular weight excluding hydrogens is 286 g/mol. The third-order valence-electron chi connectivity index (χ3n) is 3.98. The number of aliphatic hydroxyl groups is 1. The van der Waals surface area contributed by atoms with Gasteiger partial charge in [-0.3, -0.25) is 4.90 Å². The zero-order valence-corrected chi connectivity index (χ0v) is 14.5. The minimum atomic E-state index is -0.361. The summed E-state index contributed by atoms with van der Waals surface area (Å²) in [6.45, 7) is 8.83. The average molecular weight is 315 g/mol. The van der Waals surface area contributed by atoms with E-state index in [9.17, 15) is 5.11 Å². The van der Waals surface area contributed by atoms with Crippen molar-refractivity contribution in [1.82, 2.24) is 4.90 Å². The second-order valence-electron chi connectivity index (χ2n) is 6.77. The van der Waals surface area contributed by atoms with Crippen LogP contribution in [0.3, 0.4) is 0 Å². The van der Waals surface area contributed by atoms with E-state index in [4.69, 9.17) is 4.42 Å². The number of rotatable bonds is 9. The van der Waals surface area contributed by atoms with E-state index in [2.05, 4.69) is 30.9 Å². The van der Waals surface area contributed by atoms with E-state index in [-0.39, 0.29) is 6.10 Å². The molecule has 0 aliphatic carbocycles. The maximum atomic E-state index is 10.4. The molecule has 3 nitrogen and oxygen atoms in total. The molecule has 0 fully saturated rings. The van der Waals surface area contributed by atoms with Crippen LogP contribution in [-0.2, 0) is 13.0 Å². The first-order chi connectivity index (χ1) is 11.0. The van der Waals surface area contributed by atoms with Gasteiger partial charge >= 0.3 is 0 Å².